The summed E-state index contributed by atoms with van der Waals surface area (Å²) in [5, 5.41) is 4.88. The van der Waals surface area contributed by atoms with Crippen LogP contribution >= 0.6 is 46.1 Å². The van der Waals surface area contributed by atoms with Crippen molar-refractivity contribution in [3.63, 3.8) is 0 Å². The van der Waals surface area contributed by atoms with E-state index in [-0.39, 0.29) is 5.91 Å². The van der Waals surface area contributed by atoms with Gasteiger partial charge in [-0.05, 0) is 29.8 Å². The number of carbonyl (C=O) groups excluding carboxylic acids is 1. The van der Waals surface area contributed by atoms with Crippen molar-refractivity contribution in [1.29, 1.82) is 0 Å². The van der Waals surface area contributed by atoms with Gasteiger partial charge in [0.15, 0.2) is 5.13 Å². The lowest BCUT2D eigenvalue weighted by Crippen LogP contribution is -2.11. The number of rotatable bonds is 4. The third kappa shape index (κ3) is 4.08. The van der Waals surface area contributed by atoms with Gasteiger partial charge in [-0.15, -0.1) is 11.3 Å². The minimum atomic E-state index is -0.286. The molecule has 7 heteroatoms. The number of aromatic nitrogens is 1. The fraction of sp³-hybridized carbons (Fsp3) is 0.0588. The van der Waals surface area contributed by atoms with Crippen LogP contribution in [-0.2, 0) is 6.42 Å². The first-order chi connectivity index (χ1) is 11.5. The Kier molecular flexibility index (Phi) is 5.41. The Morgan fingerprint density at radius 2 is 1.88 bits per heavy atom. The van der Waals surface area contributed by atoms with Crippen LogP contribution in [0.25, 0.3) is 0 Å². The number of carbonyl (C=O) groups is 1. The van der Waals surface area contributed by atoms with E-state index in [4.69, 9.17) is 34.8 Å². The number of nitrogens with one attached hydrogen (secondary N) is 1. The highest BCUT2D eigenvalue weighted by Gasteiger charge is 2.12. The maximum absolute atomic E-state index is 12.2. The zero-order valence-corrected chi connectivity index (χ0v) is 15.3. The summed E-state index contributed by atoms with van der Waals surface area (Å²) in [6, 6.07) is 12.3. The molecule has 0 atom stereocenters. The van der Waals surface area contributed by atoms with Crippen LogP contribution in [0.2, 0.25) is 15.1 Å². The number of halogens is 3. The van der Waals surface area contributed by atoms with Crippen molar-refractivity contribution >= 4 is 57.2 Å². The molecule has 0 fully saturated rings. The van der Waals surface area contributed by atoms with Crippen molar-refractivity contribution in [2.75, 3.05) is 5.32 Å². The largest absolute Gasteiger partial charge is 0.298 e. The molecular weight excluding hydrogens is 387 g/mol. The van der Waals surface area contributed by atoms with E-state index in [9.17, 15) is 4.79 Å². The van der Waals surface area contributed by atoms with Crippen molar-refractivity contribution in [2.24, 2.45) is 0 Å². The highest BCUT2D eigenvalue weighted by molar-refractivity contribution is 7.15. The van der Waals surface area contributed by atoms with Crippen LogP contribution in [0.3, 0.4) is 0 Å². The van der Waals surface area contributed by atoms with Crippen LogP contribution in [0.15, 0.2) is 48.7 Å². The minimum absolute atomic E-state index is 0.286. The summed E-state index contributed by atoms with van der Waals surface area (Å²) in [6.45, 7) is 0. The van der Waals surface area contributed by atoms with Crippen molar-refractivity contribution < 1.29 is 4.79 Å². The normalized spacial score (nSPS) is 10.6. The van der Waals surface area contributed by atoms with Gasteiger partial charge in [-0.2, -0.15) is 0 Å². The number of anilines is 1. The molecule has 0 aliphatic rings. The fourth-order valence-electron chi connectivity index (χ4n) is 2.11. The lowest BCUT2D eigenvalue weighted by atomic mass is 10.1. The van der Waals surface area contributed by atoms with E-state index in [2.05, 4.69) is 10.3 Å². The topological polar surface area (TPSA) is 42.0 Å². The van der Waals surface area contributed by atoms with Gasteiger partial charge in [0.2, 0.25) is 0 Å². The summed E-state index contributed by atoms with van der Waals surface area (Å²) in [4.78, 5) is 17.4. The molecule has 0 saturated heterocycles. The third-order valence-corrected chi connectivity index (χ3v) is 5.10. The van der Waals surface area contributed by atoms with E-state index < -0.39 is 0 Å². The molecule has 1 heterocycles. The molecule has 1 aromatic heterocycles. The molecule has 0 unspecified atom stereocenters. The molecule has 24 heavy (non-hydrogen) atoms. The van der Waals surface area contributed by atoms with E-state index >= 15 is 0 Å². The van der Waals surface area contributed by atoms with E-state index in [0.29, 0.717) is 32.2 Å². The highest BCUT2D eigenvalue weighted by atomic mass is 35.5. The summed E-state index contributed by atoms with van der Waals surface area (Å²) >= 11 is 19.5. The number of nitrogens with zero attached hydrogens (tertiary/aromatic N) is 1. The van der Waals surface area contributed by atoms with Crippen LogP contribution in [0.5, 0.6) is 0 Å². The number of benzene rings is 2. The molecule has 0 bridgehead atoms. The summed E-state index contributed by atoms with van der Waals surface area (Å²) < 4.78 is 0. The zero-order valence-electron chi connectivity index (χ0n) is 12.2. The smallest absolute Gasteiger partial charge is 0.258 e. The standard InChI is InChI=1S/C17H11Cl3N2OS/c18-11-6-5-10(15(20)8-11)7-12-9-21-17(24-12)22-16(23)13-3-1-2-4-14(13)19/h1-6,8-9H,7H2,(H,21,22,23). The van der Waals surface area contributed by atoms with Gasteiger partial charge >= 0.3 is 0 Å². The summed E-state index contributed by atoms with van der Waals surface area (Å²) in [6.07, 6.45) is 2.34. The number of hydrogen-bond acceptors (Lipinski definition) is 3. The number of amides is 1. The van der Waals surface area contributed by atoms with Crippen molar-refractivity contribution in [3.8, 4) is 0 Å². The fourth-order valence-corrected chi connectivity index (χ4v) is 3.64. The highest BCUT2D eigenvalue weighted by Crippen LogP contribution is 2.27. The number of hydrogen-bond donors (Lipinski definition) is 1. The molecule has 3 nitrogen and oxygen atoms in total. The van der Waals surface area contributed by atoms with Crippen molar-refractivity contribution in [1.82, 2.24) is 4.98 Å². The molecule has 0 radical (unpaired) electrons. The van der Waals surface area contributed by atoms with Gasteiger partial charge in [-0.3, -0.25) is 10.1 Å². The summed E-state index contributed by atoms with van der Waals surface area (Å²) in [7, 11) is 0. The molecule has 1 N–H and O–H groups in total. The molecule has 3 aromatic rings. The second-order valence-corrected chi connectivity index (χ2v) is 7.34. The van der Waals surface area contributed by atoms with Gasteiger partial charge < -0.3 is 0 Å². The predicted molar refractivity (Wildman–Crippen MR) is 101 cm³/mol. The first-order valence-electron chi connectivity index (χ1n) is 6.97. The van der Waals surface area contributed by atoms with Crippen LogP contribution < -0.4 is 5.32 Å². The monoisotopic (exact) mass is 396 g/mol. The minimum Gasteiger partial charge on any atom is -0.298 e. The third-order valence-electron chi connectivity index (χ3n) is 3.27. The maximum Gasteiger partial charge on any atom is 0.258 e. The van der Waals surface area contributed by atoms with E-state index in [1.165, 1.54) is 11.3 Å². The van der Waals surface area contributed by atoms with E-state index in [0.717, 1.165) is 10.4 Å². The Morgan fingerprint density at radius 1 is 1.08 bits per heavy atom. The molecule has 122 valence electrons. The second kappa shape index (κ2) is 7.53. The van der Waals surface area contributed by atoms with Crippen molar-refractivity contribution in [2.45, 2.75) is 6.42 Å². The van der Waals surface area contributed by atoms with Crippen LogP contribution in [-0.4, -0.2) is 10.9 Å². The molecular formula is C17H11Cl3N2OS. The first-order valence-corrected chi connectivity index (χ1v) is 8.92. The first kappa shape index (κ1) is 17.2. The molecule has 0 aliphatic carbocycles. The Morgan fingerprint density at radius 3 is 2.62 bits per heavy atom. The maximum atomic E-state index is 12.2. The molecule has 0 saturated carbocycles. The Balaban J connectivity index is 1.72. The SMILES string of the molecule is O=C(Nc1ncc(Cc2ccc(Cl)cc2Cl)s1)c1ccccc1Cl. The van der Waals surface area contributed by atoms with E-state index in [1.807, 2.05) is 6.07 Å². The van der Waals surface area contributed by atoms with Gasteiger partial charge in [-0.25, -0.2) is 4.98 Å². The van der Waals surface area contributed by atoms with Crippen LogP contribution in [0, 0.1) is 0 Å². The van der Waals surface area contributed by atoms with Gasteiger partial charge in [0.05, 0.1) is 10.6 Å². The molecule has 0 aliphatic heterocycles. The summed E-state index contributed by atoms with van der Waals surface area (Å²) in [5.41, 5.74) is 1.37. The molecule has 3 rings (SSSR count). The van der Waals surface area contributed by atoms with Crippen LogP contribution in [0.1, 0.15) is 20.8 Å². The summed E-state index contributed by atoms with van der Waals surface area (Å²) in [5.74, 6) is -0.286. The Hall–Kier alpha value is -1.59. The van der Waals surface area contributed by atoms with Gasteiger partial charge in [0.25, 0.3) is 5.91 Å². The predicted octanol–water partition coefficient (Wildman–Crippen LogP) is 5.95. The zero-order chi connectivity index (χ0) is 17.1. The molecule has 1 amide bonds. The number of thiazole rings is 1. The van der Waals surface area contributed by atoms with Gasteiger partial charge in [0, 0.05) is 27.5 Å². The average Bonchev–Trinajstić information content (AvgIpc) is 2.97. The van der Waals surface area contributed by atoms with Crippen molar-refractivity contribution in [3.05, 3.63) is 79.7 Å². The average molecular weight is 398 g/mol. The second-order valence-electron chi connectivity index (χ2n) is 4.98. The Bertz CT molecular complexity index is 895. The lowest BCUT2D eigenvalue weighted by Gasteiger charge is -2.03. The van der Waals surface area contributed by atoms with E-state index in [1.54, 1.807) is 42.6 Å². The van der Waals surface area contributed by atoms with Gasteiger partial charge in [-0.1, -0.05) is 53.0 Å². The Labute approximate surface area is 158 Å². The van der Waals surface area contributed by atoms with Gasteiger partial charge in [0.1, 0.15) is 0 Å². The quantitative estimate of drug-likeness (QED) is 0.591. The lowest BCUT2D eigenvalue weighted by molar-refractivity contribution is 0.102. The van der Waals surface area contributed by atoms with Crippen LogP contribution in [0.4, 0.5) is 5.13 Å². The molecule has 2 aromatic carbocycles. The molecule has 0 spiro atoms.